The number of fused-ring (bicyclic) bond motifs is 1. The number of nitrogens with zero attached hydrogens (tertiary/aromatic N) is 1. The maximum absolute atomic E-state index is 14.4. The zero-order chi connectivity index (χ0) is 20.4. The topological polar surface area (TPSA) is 24.5 Å². The third-order valence-corrected chi connectivity index (χ3v) is 6.71. The van der Waals surface area contributed by atoms with E-state index < -0.39 is 0 Å². The summed E-state index contributed by atoms with van der Waals surface area (Å²) in [7, 11) is 1.68. The molecule has 0 bridgehead atoms. The summed E-state index contributed by atoms with van der Waals surface area (Å²) in [4.78, 5) is 2.56. The number of hydrogen-bond acceptors (Lipinski definition) is 3. The average molecular weight is 397 g/mol. The lowest BCUT2D eigenvalue weighted by Gasteiger charge is -2.49. The van der Waals surface area contributed by atoms with Crippen LogP contribution in [0.5, 0.6) is 5.75 Å². The van der Waals surface area contributed by atoms with Crippen molar-refractivity contribution in [3.8, 4) is 5.75 Å². The fourth-order valence-corrected chi connectivity index (χ4v) is 4.93. The SMILES string of the molecule is CCCCNCC1c2ccccc2N(C2CC2)CC1(C)c1cc(F)ccc1OC. The van der Waals surface area contributed by atoms with Crippen LogP contribution in [0.15, 0.2) is 42.5 Å². The van der Waals surface area contributed by atoms with Crippen LogP contribution in [0.3, 0.4) is 0 Å². The van der Waals surface area contributed by atoms with Gasteiger partial charge in [-0.05, 0) is 55.6 Å². The highest BCUT2D eigenvalue weighted by molar-refractivity contribution is 5.63. The first-order valence-corrected chi connectivity index (χ1v) is 11.0. The Balaban J connectivity index is 1.80. The second kappa shape index (κ2) is 8.35. The molecule has 2 aliphatic rings. The molecule has 2 unspecified atom stereocenters. The first kappa shape index (κ1) is 20.2. The molecule has 0 aromatic heterocycles. The molecule has 1 aliphatic carbocycles. The minimum Gasteiger partial charge on any atom is -0.496 e. The van der Waals surface area contributed by atoms with Gasteiger partial charge in [-0.3, -0.25) is 0 Å². The van der Waals surface area contributed by atoms with Crippen LogP contribution in [0, 0.1) is 5.82 Å². The molecule has 3 nitrogen and oxygen atoms in total. The molecular weight excluding hydrogens is 363 g/mol. The van der Waals surface area contributed by atoms with Crippen molar-refractivity contribution in [1.82, 2.24) is 5.32 Å². The maximum Gasteiger partial charge on any atom is 0.123 e. The Morgan fingerprint density at radius 2 is 2.00 bits per heavy atom. The number of ether oxygens (including phenoxy) is 1. The molecule has 1 aliphatic heterocycles. The number of anilines is 1. The zero-order valence-corrected chi connectivity index (χ0v) is 17.9. The summed E-state index contributed by atoms with van der Waals surface area (Å²) in [6, 6.07) is 14.4. The van der Waals surface area contributed by atoms with Crippen molar-refractivity contribution in [3.63, 3.8) is 0 Å². The van der Waals surface area contributed by atoms with Crippen LogP contribution in [-0.4, -0.2) is 32.8 Å². The molecule has 1 heterocycles. The van der Waals surface area contributed by atoms with E-state index in [1.807, 2.05) is 0 Å². The molecular formula is C25H33FN2O. The van der Waals surface area contributed by atoms with E-state index in [-0.39, 0.29) is 17.2 Å². The summed E-state index contributed by atoms with van der Waals surface area (Å²) >= 11 is 0. The van der Waals surface area contributed by atoms with E-state index >= 15 is 0 Å². The number of methoxy groups -OCH3 is 1. The third-order valence-electron chi connectivity index (χ3n) is 6.71. The fraction of sp³-hybridized carbons (Fsp3) is 0.520. The van der Waals surface area contributed by atoms with E-state index in [9.17, 15) is 4.39 Å². The van der Waals surface area contributed by atoms with Gasteiger partial charge in [0.2, 0.25) is 0 Å². The van der Waals surface area contributed by atoms with Crippen LogP contribution in [0.4, 0.5) is 10.1 Å². The van der Waals surface area contributed by atoms with Crippen LogP contribution in [0.25, 0.3) is 0 Å². The molecule has 1 fully saturated rings. The Hall–Kier alpha value is -2.07. The Labute approximate surface area is 174 Å². The van der Waals surface area contributed by atoms with Gasteiger partial charge in [0.1, 0.15) is 11.6 Å². The van der Waals surface area contributed by atoms with Crippen LogP contribution in [0.2, 0.25) is 0 Å². The summed E-state index contributed by atoms with van der Waals surface area (Å²) in [6.45, 7) is 7.28. The highest BCUT2D eigenvalue weighted by atomic mass is 19.1. The Morgan fingerprint density at radius 1 is 1.21 bits per heavy atom. The van der Waals surface area contributed by atoms with Crippen molar-refractivity contribution < 1.29 is 9.13 Å². The Morgan fingerprint density at radius 3 is 2.72 bits per heavy atom. The van der Waals surface area contributed by atoms with Gasteiger partial charge in [0.05, 0.1) is 7.11 Å². The predicted molar refractivity (Wildman–Crippen MR) is 118 cm³/mol. The minimum atomic E-state index is -0.246. The molecule has 2 aromatic rings. The maximum atomic E-state index is 14.4. The van der Waals surface area contributed by atoms with Crippen LogP contribution >= 0.6 is 0 Å². The normalized spacial score (nSPS) is 23.7. The number of para-hydroxylation sites is 1. The highest BCUT2D eigenvalue weighted by Gasteiger charge is 2.48. The fourth-order valence-electron chi connectivity index (χ4n) is 4.93. The van der Waals surface area contributed by atoms with Crippen molar-refractivity contribution in [1.29, 1.82) is 0 Å². The van der Waals surface area contributed by atoms with Crippen molar-refractivity contribution in [2.24, 2.45) is 0 Å². The van der Waals surface area contributed by atoms with Gasteiger partial charge in [-0.1, -0.05) is 38.5 Å². The minimum absolute atomic E-state index is 0.198. The number of hydrogen-bond donors (Lipinski definition) is 1. The van der Waals surface area contributed by atoms with Gasteiger partial charge in [-0.2, -0.15) is 0 Å². The molecule has 0 amide bonds. The summed E-state index contributed by atoms with van der Waals surface area (Å²) < 4.78 is 20.1. The van der Waals surface area contributed by atoms with Gasteiger partial charge in [0.25, 0.3) is 0 Å². The van der Waals surface area contributed by atoms with Gasteiger partial charge in [0, 0.05) is 41.7 Å². The monoisotopic (exact) mass is 396 g/mol. The van der Waals surface area contributed by atoms with Crippen LogP contribution < -0.4 is 15.0 Å². The summed E-state index contributed by atoms with van der Waals surface area (Å²) in [5.41, 5.74) is 3.44. The average Bonchev–Trinajstić information content (AvgIpc) is 3.57. The largest absolute Gasteiger partial charge is 0.496 e. The van der Waals surface area contributed by atoms with Crippen molar-refractivity contribution in [2.45, 2.75) is 56.9 Å². The zero-order valence-electron chi connectivity index (χ0n) is 17.9. The van der Waals surface area contributed by atoms with Crippen molar-refractivity contribution >= 4 is 5.69 Å². The molecule has 1 N–H and O–H groups in total. The molecule has 0 spiro atoms. The number of unbranched alkanes of at least 4 members (excludes halogenated alkanes) is 1. The van der Waals surface area contributed by atoms with Crippen LogP contribution in [-0.2, 0) is 5.41 Å². The lowest BCUT2D eigenvalue weighted by molar-refractivity contribution is 0.320. The van der Waals surface area contributed by atoms with E-state index in [4.69, 9.17) is 4.74 Å². The standard InChI is InChI=1S/C25H33FN2O/c1-4-5-14-27-16-22-20-8-6-7-9-23(20)28(19-11-12-19)17-25(22,2)21-15-18(26)10-13-24(21)29-3/h6-10,13,15,19,22,27H,4-5,11-12,14,16-17H2,1-3H3. The molecule has 0 saturated heterocycles. The highest BCUT2D eigenvalue weighted by Crippen LogP contribution is 2.52. The summed E-state index contributed by atoms with van der Waals surface area (Å²) in [5, 5.41) is 3.68. The predicted octanol–water partition coefficient (Wildman–Crippen LogP) is 5.25. The van der Waals surface area contributed by atoms with Crippen molar-refractivity contribution in [3.05, 3.63) is 59.4 Å². The van der Waals surface area contributed by atoms with Gasteiger partial charge >= 0.3 is 0 Å². The van der Waals surface area contributed by atoms with E-state index in [0.29, 0.717) is 6.04 Å². The quantitative estimate of drug-likeness (QED) is 0.617. The summed E-state index contributed by atoms with van der Waals surface area (Å²) in [5.74, 6) is 0.834. The van der Waals surface area contributed by atoms with Gasteiger partial charge in [-0.25, -0.2) is 4.39 Å². The number of benzene rings is 2. The number of halogens is 1. The van der Waals surface area contributed by atoms with E-state index in [1.54, 1.807) is 19.2 Å². The number of rotatable bonds is 8. The molecule has 0 radical (unpaired) electrons. The van der Waals surface area contributed by atoms with E-state index in [1.165, 1.54) is 43.0 Å². The molecule has 2 atom stereocenters. The van der Waals surface area contributed by atoms with Crippen LogP contribution in [0.1, 0.15) is 56.6 Å². The lowest BCUT2D eigenvalue weighted by Crippen LogP contribution is -2.51. The molecule has 2 aromatic carbocycles. The van der Waals surface area contributed by atoms with E-state index in [2.05, 4.69) is 48.3 Å². The molecule has 29 heavy (non-hydrogen) atoms. The summed E-state index contributed by atoms with van der Waals surface area (Å²) in [6.07, 6.45) is 4.83. The van der Waals surface area contributed by atoms with E-state index in [0.717, 1.165) is 30.9 Å². The Bertz CT molecular complexity index is 850. The molecule has 156 valence electrons. The smallest absolute Gasteiger partial charge is 0.123 e. The first-order chi connectivity index (χ1) is 14.1. The second-order valence-corrected chi connectivity index (χ2v) is 8.79. The van der Waals surface area contributed by atoms with Crippen molar-refractivity contribution in [2.75, 3.05) is 31.6 Å². The molecule has 1 saturated carbocycles. The van der Waals surface area contributed by atoms with Gasteiger partial charge in [-0.15, -0.1) is 0 Å². The number of nitrogens with one attached hydrogen (secondary N) is 1. The van der Waals surface area contributed by atoms with Gasteiger partial charge < -0.3 is 15.0 Å². The van der Waals surface area contributed by atoms with Gasteiger partial charge in [0.15, 0.2) is 0 Å². The second-order valence-electron chi connectivity index (χ2n) is 8.79. The molecule has 4 rings (SSSR count). The lowest BCUT2D eigenvalue weighted by atomic mass is 9.65. The Kier molecular flexibility index (Phi) is 5.82. The molecule has 4 heteroatoms. The third kappa shape index (κ3) is 3.87. The first-order valence-electron chi connectivity index (χ1n) is 11.0.